The predicted molar refractivity (Wildman–Crippen MR) is 83.9 cm³/mol. The summed E-state index contributed by atoms with van der Waals surface area (Å²) in [6.45, 7) is 8.52. The van der Waals surface area contributed by atoms with Crippen molar-refractivity contribution in [1.82, 2.24) is 14.3 Å². The van der Waals surface area contributed by atoms with Gasteiger partial charge in [-0.05, 0) is 38.6 Å². The number of hydrogen-bond donors (Lipinski definition) is 2. The Labute approximate surface area is 124 Å². The molecule has 1 fully saturated rings. The molecular weight excluding hydrogens is 274 g/mol. The van der Waals surface area contributed by atoms with Crippen LogP contribution in [-0.4, -0.2) is 44.4 Å². The van der Waals surface area contributed by atoms with Crippen molar-refractivity contribution in [3.05, 3.63) is 0 Å². The van der Waals surface area contributed by atoms with E-state index in [1.54, 1.807) is 4.31 Å². The molecule has 0 aliphatic carbocycles. The third kappa shape index (κ3) is 5.31. The lowest BCUT2D eigenvalue weighted by Gasteiger charge is -2.35. The van der Waals surface area contributed by atoms with Crippen LogP contribution in [-0.2, 0) is 10.2 Å². The zero-order valence-corrected chi connectivity index (χ0v) is 14.0. The van der Waals surface area contributed by atoms with Crippen molar-refractivity contribution >= 4 is 10.2 Å². The van der Waals surface area contributed by atoms with Crippen molar-refractivity contribution in [1.29, 1.82) is 0 Å². The number of nitrogens with zero attached hydrogens (tertiary/aromatic N) is 1. The molecule has 0 spiro atoms. The van der Waals surface area contributed by atoms with E-state index in [9.17, 15) is 8.42 Å². The topological polar surface area (TPSA) is 61.4 Å². The summed E-state index contributed by atoms with van der Waals surface area (Å²) < 4.78 is 29.6. The van der Waals surface area contributed by atoms with Crippen LogP contribution in [0.4, 0.5) is 0 Å². The second-order valence-electron chi connectivity index (χ2n) is 5.60. The molecule has 1 unspecified atom stereocenters. The minimum Gasteiger partial charge on any atom is -0.315 e. The molecule has 0 saturated carbocycles. The monoisotopic (exact) mass is 305 g/mol. The van der Waals surface area contributed by atoms with Gasteiger partial charge in [-0.15, -0.1) is 0 Å². The van der Waals surface area contributed by atoms with Gasteiger partial charge in [-0.3, -0.25) is 0 Å². The van der Waals surface area contributed by atoms with Crippen molar-refractivity contribution in [2.24, 2.45) is 0 Å². The molecule has 120 valence electrons. The highest BCUT2D eigenvalue weighted by Gasteiger charge is 2.32. The first-order valence-electron chi connectivity index (χ1n) is 8.04. The molecule has 1 aliphatic rings. The summed E-state index contributed by atoms with van der Waals surface area (Å²) in [6, 6.07) is 0.147. The van der Waals surface area contributed by atoms with Crippen molar-refractivity contribution in [3.8, 4) is 0 Å². The van der Waals surface area contributed by atoms with E-state index in [-0.39, 0.29) is 12.1 Å². The van der Waals surface area contributed by atoms with Gasteiger partial charge in [-0.2, -0.15) is 17.4 Å². The van der Waals surface area contributed by atoms with Crippen LogP contribution in [0.2, 0.25) is 0 Å². The summed E-state index contributed by atoms with van der Waals surface area (Å²) in [6.07, 6.45) is 5.79. The second kappa shape index (κ2) is 8.97. The smallest absolute Gasteiger partial charge is 0.279 e. The summed E-state index contributed by atoms with van der Waals surface area (Å²) in [5, 5.41) is 3.35. The molecule has 0 bridgehead atoms. The largest absolute Gasteiger partial charge is 0.315 e. The summed E-state index contributed by atoms with van der Waals surface area (Å²) in [5.74, 6) is 0. The Morgan fingerprint density at radius 2 is 1.90 bits per heavy atom. The first kappa shape index (κ1) is 17.9. The minimum atomic E-state index is -3.35. The number of hydrogen-bond acceptors (Lipinski definition) is 3. The van der Waals surface area contributed by atoms with E-state index < -0.39 is 10.2 Å². The maximum absolute atomic E-state index is 12.5. The SMILES string of the molecule is CCCNCC1CCCCN1S(=O)(=O)NC(CC)CC. The minimum absolute atomic E-state index is 0.0474. The Hall–Kier alpha value is -0.170. The number of nitrogens with one attached hydrogen (secondary N) is 2. The fraction of sp³-hybridized carbons (Fsp3) is 1.00. The lowest BCUT2D eigenvalue weighted by molar-refractivity contribution is 0.241. The maximum Gasteiger partial charge on any atom is 0.279 e. The van der Waals surface area contributed by atoms with Crippen LogP contribution >= 0.6 is 0 Å². The van der Waals surface area contributed by atoms with Crippen molar-refractivity contribution in [2.45, 2.75) is 71.4 Å². The van der Waals surface area contributed by atoms with Gasteiger partial charge in [0.25, 0.3) is 10.2 Å². The lowest BCUT2D eigenvalue weighted by atomic mass is 10.1. The van der Waals surface area contributed by atoms with E-state index in [2.05, 4.69) is 17.0 Å². The standard InChI is InChI=1S/C14H31N3O2S/c1-4-10-15-12-14-9-7-8-11-17(14)20(18,19)16-13(5-2)6-3/h13-16H,4-12H2,1-3H3. The molecule has 1 rings (SSSR count). The van der Waals surface area contributed by atoms with Gasteiger partial charge in [-0.25, -0.2) is 0 Å². The molecule has 1 heterocycles. The Bertz CT molecular complexity index is 355. The molecule has 6 heteroatoms. The fourth-order valence-electron chi connectivity index (χ4n) is 2.67. The lowest BCUT2D eigenvalue weighted by Crippen LogP contribution is -2.54. The summed E-state index contributed by atoms with van der Waals surface area (Å²) in [5.41, 5.74) is 0. The van der Waals surface area contributed by atoms with Crippen LogP contribution < -0.4 is 10.0 Å². The third-order valence-electron chi connectivity index (χ3n) is 3.99. The molecule has 0 amide bonds. The molecule has 20 heavy (non-hydrogen) atoms. The van der Waals surface area contributed by atoms with Crippen LogP contribution in [0.5, 0.6) is 0 Å². The zero-order valence-electron chi connectivity index (χ0n) is 13.2. The van der Waals surface area contributed by atoms with E-state index in [0.717, 1.165) is 51.6 Å². The fourth-order valence-corrected chi connectivity index (χ4v) is 4.51. The van der Waals surface area contributed by atoms with Gasteiger partial charge in [-0.1, -0.05) is 27.2 Å². The summed E-state index contributed by atoms with van der Waals surface area (Å²) in [4.78, 5) is 0. The van der Waals surface area contributed by atoms with Crippen molar-refractivity contribution in [3.63, 3.8) is 0 Å². The molecular formula is C14H31N3O2S. The van der Waals surface area contributed by atoms with E-state index in [1.165, 1.54) is 0 Å². The van der Waals surface area contributed by atoms with Gasteiger partial charge in [0, 0.05) is 25.2 Å². The van der Waals surface area contributed by atoms with E-state index in [0.29, 0.717) is 6.54 Å². The number of piperidine rings is 1. The highest BCUT2D eigenvalue weighted by molar-refractivity contribution is 7.87. The van der Waals surface area contributed by atoms with Gasteiger partial charge in [0.1, 0.15) is 0 Å². The Morgan fingerprint density at radius 1 is 1.20 bits per heavy atom. The summed E-state index contributed by atoms with van der Waals surface area (Å²) in [7, 11) is -3.35. The molecule has 0 aromatic carbocycles. The average molecular weight is 305 g/mol. The average Bonchev–Trinajstić information content (AvgIpc) is 2.45. The molecule has 1 aliphatic heterocycles. The molecule has 1 atom stereocenters. The summed E-state index contributed by atoms with van der Waals surface area (Å²) >= 11 is 0. The normalized spacial score (nSPS) is 21.5. The van der Waals surface area contributed by atoms with Crippen molar-refractivity contribution < 1.29 is 8.42 Å². The van der Waals surface area contributed by atoms with Gasteiger partial charge >= 0.3 is 0 Å². The van der Waals surface area contributed by atoms with Gasteiger partial charge in [0.2, 0.25) is 0 Å². The Balaban J connectivity index is 2.67. The first-order valence-corrected chi connectivity index (χ1v) is 9.48. The highest BCUT2D eigenvalue weighted by Crippen LogP contribution is 2.20. The molecule has 0 aromatic heterocycles. The van der Waals surface area contributed by atoms with E-state index in [1.807, 2.05) is 13.8 Å². The van der Waals surface area contributed by atoms with Gasteiger partial charge in [0.05, 0.1) is 0 Å². The van der Waals surface area contributed by atoms with Crippen LogP contribution in [0.15, 0.2) is 0 Å². The third-order valence-corrected chi connectivity index (χ3v) is 5.72. The molecule has 0 radical (unpaired) electrons. The van der Waals surface area contributed by atoms with Crippen LogP contribution in [0.3, 0.4) is 0 Å². The molecule has 5 nitrogen and oxygen atoms in total. The predicted octanol–water partition coefficient (Wildman–Crippen LogP) is 1.86. The quantitative estimate of drug-likeness (QED) is 0.639. The van der Waals surface area contributed by atoms with E-state index >= 15 is 0 Å². The molecule has 1 saturated heterocycles. The highest BCUT2D eigenvalue weighted by atomic mass is 32.2. The van der Waals surface area contributed by atoms with Gasteiger partial charge < -0.3 is 5.32 Å². The zero-order chi connectivity index (χ0) is 15.0. The maximum atomic E-state index is 12.5. The van der Waals surface area contributed by atoms with E-state index in [4.69, 9.17) is 0 Å². The van der Waals surface area contributed by atoms with Crippen LogP contribution in [0, 0.1) is 0 Å². The Morgan fingerprint density at radius 3 is 2.50 bits per heavy atom. The Kier molecular flexibility index (Phi) is 8.02. The van der Waals surface area contributed by atoms with Gasteiger partial charge in [0.15, 0.2) is 0 Å². The van der Waals surface area contributed by atoms with Crippen molar-refractivity contribution in [2.75, 3.05) is 19.6 Å². The first-order chi connectivity index (χ1) is 9.55. The number of rotatable bonds is 9. The van der Waals surface area contributed by atoms with Crippen LogP contribution in [0.25, 0.3) is 0 Å². The second-order valence-corrected chi connectivity index (χ2v) is 7.26. The van der Waals surface area contributed by atoms with Crippen LogP contribution in [0.1, 0.15) is 59.3 Å². The molecule has 2 N–H and O–H groups in total. The molecule has 0 aromatic rings.